The molecule has 0 aromatic heterocycles. The summed E-state index contributed by atoms with van der Waals surface area (Å²) in [6.07, 6.45) is 1.43. The number of halogens is 1. The van der Waals surface area contributed by atoms with Crippen LogP contribution in [0.5, 0.6) is 11.5 Å². The van der Waals surface area contributed by atoms with Crippen LogP contribution in [0.3, 0.4) is 0 Å². The number of aryl methyl sites for hydroxylation is 1. The van der Waals surface area contributed by atoms with E-state index in [9.17, 15) is 14.4 Å². The SMILES string of the molecule is CCOc1ccc(/C=C2/C(=O)NC(=O)N(c3ccc(Br)cc3C)C2=O)cc1OCC. The molecule has 0 unspecified atom stereocenters. The molecule has 0 atom stereocenters. The highest BCUT2D eigenvalue weighted by Gasteiger charge is 2.37. The molecule has 3 rings (SSSR count). The van der Waals surface area contributed by atoms with Crippen molar-refractivity contribution >= 4 is 45.5 Å². The summed E-state index contributed by atoms with van der Waals surface area (Å²) in [5.74, 6) is -0.360. The zero-order valence-corrected chi connectivity index (χ0v) is 18.4. The summed E-state index contributed by atoms with van der Waals surface area (Å²) in [6.45, 7) is 6.41. The molecule has 0 aliphatic carbocycles. The smallest absolute Gasteiger partial charge is 0.335 e. The molecular weight excluding hydrogens is 452 g/mol. The third-order valence-corrected chi connectivity index (χ3v) is 4.87. The Kier molecular flexibility index (Phi) is 6.56. The van der Waals surface area contributed by atoms with E-state index in [2.05, 4.69) is 21.2 Å². The first kappa shape index (κ1) is 21.6. The van der Waals surface area contributed by atoms with Crippen LogP contribution in [-0.2, 0) is 9.59 Å². The molecule has 30 heavy (non-hydrogen) atoms. The summed E-state index contributed by atoms with van der Waals surface area (Å²) in [4.78, 5) is 38.9. The van der Waals surface area contributed by atoms with Gasteiger partial charge in [-0.15, -0.1) is 0 Å². The zero-order chi connectivity index (χ0) is 21.8. The lowest BCUT2D eigenvalue weighted by molar-refractivity contribution is -0.122. The van der Waals surface area contributed by atoms with Crippen LogP contribution in [0.15, 0.2) is 46.4 Å². The van der Waals surface area contributed by atoms with E-state index in [1.807, 2.05) is 13.8 Å². The number of carbonyl (C=O) groups excluding carboxylic acids is 3. The molecule has 0 saturated carbocycles. The van der Waals surface area contributed by atoms with E-state index in [0.29, 0.717) is 41.5 Å². The third kappa shape index (κ3) is 4.38. The van der Waals surface area contributed by atoms with Crippen molar-refractivity contribution in [3.8, 4) is 11.5 Å². The van der Waals surface area contributed by atoms with Crippen LogP contribution in [0.25, 0.3) is 6.08 Å². The fourth-order valence-electron chi connectivity index (χ4n) is 3.07. The van der Waals surface area contributed by atoms with Crippen molar-refractivity contribution in [1.82, 2.24) is 5.32 Å². The number of benzene rings is 2. The van der Waals surface area contributed by atoms with Crippen molar-refractivity contribution in [2.45, 2.75) is 20.8 Å². The number of anilines is 1. The van der Waals surface area contributed by atoms with E-state index in [0.717, 1.165) is 9.37 Å². The number of hydrogen-bond donors (Lipinski definition) is 1. The maximum Gasteiger partial charge on any atom is 0.335 e. The molecule has 0 spiro atoms. The highest BCUT2D eigenvalue weighted by molar-refractivity contribution is 9.10. The van der Waals surface area contributed by atoms with E-state index in [4.69, 9.17) is 9.47 Å². The van der Waals surface area contributed by atoms with Crippen molar-refractivity contribution in [3.05, 3.63) is 57.6 Å². The van der Waals surface area contributed by atoms with Gasteiger partial charge in [-0.2, -0.15) is 0 Å². The summed E-state index contributed by atoms with van der Waals surface area (Å²) in [6, 6.07) is 9.50. The van der Waals surface area contributed by atoms with E-state index in [1.54, 1.807) is 43.3 Å². The Morgan fingerprint density at radius 2 is 1.70 bits per heavy atom. The second-order valence-electron chi connectivity index (χ2n) is 6.46. The Morgan fingerprint density at radius 1 is 1.00 bits per heavy atom. The van der Waals surface area contributed by atoms with Crippen molar-refractivity contribution in [2.24, 2.45) is 0 Å². The molecule has 1 fully saturated rings. The van der Waals surface area contributed by atoms with Gasteiger partial charge in [-0.05, 0) is 68.3 Å². The second-order valence-corrected chi connectivity index (χ2v) is 7.38. The Balaban J connectivity index is 2.01. The molecule has 7 nitrogen and oxygen atoms in total. The van der Waals surface area contributed by atoms with Gasteiger partial charge >= 0.3 is 6.03 Å². The van der Waals surface area contributed by atoms with Gasteiger partial charge in [-0.3, -0.25) is 14.9 Å². The second kappa shape index (κ2) is 9.13. The van der Waals surface area contributed by atoms with Gasteiger partial charge in [-0.25, -0.2) is 9.69 Å². The van der Waals surface area contributed by atoms with Crippen LogP contribution in [-0.4, -0.2) is 31.1 Å². The minimum absolute atomic E-state index is 0.150. The summed E-state index contributed by atoms with van der Waals surface area (Å²) in [5.41, 5.74) is 1.54. The Labute approximate surface area is 182 Å². The van der Waals surface area contributed by atoms with Crippen LogP contribution in [0, 0.1) is 6.92 Å². The molecule has 0 bridgehead atoms. The lowest BCUT2D eigenvalue weighted by Crippen LogP contribution is -2.54. The van der Waals surface area contributed by atoms with E-state index >= 15 is 0 Å². The average Bonchev–Trinajstić information content (AvgIpc) is 2.69. The quantitative estimate of drug-likeness (QED) is 0.502. The summed E-state index contributed by atoms with van der Waals surface area (Å²) < 4.78 is 12.0. The van der Waals surface area contributed by atoms with E-state index in [-0.39, 0.29) is 5.57 Å². The van der Waals surface area contributed by atoms with Gasteiger partial charge < -0.3 is 9.47 Å². The number of barbiturate groups is 1. The molecule has 1 aliphatic heterocycles. The van der Waals surface area contributed by atoms with E-state index < -0.39 is 17.8 Å². The Morgan fingerprint density at radius 3 is 2.37 bits per heavy atom. The lowest BCUT2D eigenvalue weighted by Gasteiger charge is -2.27. The Bertz CT molecular complexity index is 1050. The number of urea groups is 1. The molecule has 1 heterocycles. The molecule has 4 amide bonds. The van der Waals surface area contributed by atoms with Gasteiger partial charge in [0.05, 0.1) is 18.9 Å². The highest BCUT2D eigenvalue weighted by Crippen LogP contribution is 2.31. The largest absolute Gasteiger partial charge is 0.490 e. The van der Waals surface area contributed by atoms with E-state index in [1.165, 1.54) is 6.08 Å². The predicted molar refractivity (Wildman–Crippen MR) is 117 cm³/mol. The third-order valence-electron chi connectivity index (χ3n) is 4.38. The molecule has 156 valence electrons. The summed E-state index contributed by atoms with van der Waals surface area (Å²) >= 11 is 3.36. The standard InChI is InChI=1S/C22H21BrN2O5/c1-4-29-18-9-6-14(12-19(18)30-5-2)11-16-20(26)24-22(28)25(21(16)27)17-8-7-15(23)10-13(17)3/h6-12H,4-5H2,1-3H3,(H,24,26,28)/b16-11-. The van der Waals surface area contributed by atoms with Gasteiger partial charge in [0.15, 0.2) is 11.5 Å². The molecular formula is C22H21BrN2O5. The number of rotatable bonds is 6. The van der Waals surface area contributed by atoms with Gasteiger partial charge in [-0.1, -0.05) is 22.0 Å². The van der Waals surface area contributed by atoms with Gasteiger partial charge in [0.2, 0.25) is 0 Å². The number of carbonyl (C=O) groups is 3. The van der Waals surface area contributed by atoms with Crippen LogP contribution >= 0.6 is 15.9 Å². The Hall–Kier alpha value is -3.13. The number of ether oxygens (including phenoxy) is 2. The van der Waals surface area contributed by atoms with Gasteiger partial charge in [0.25, 0.3) is 11.8 Å². The number of amides is 4. The minimum atomic E-state index is -0.783. The molecule has 1 aliphatic rings. The predicted octanol–water partition coefficient (Wildman–Crippen LogP) is 4.22. The van der Waals surface area contributed by atoms with Gasteiger partial charge in [0.1, 0.15) is 5.57 Å². The zero-order valence-electron chi connectivity index (χ0n) is 16.8. The number of imide groups is 2. The average molecular weight is 473 g/mol. The topological polar surface area (TPSA) is 84.9 Å². The molecule has 2 aromatic rings. The van der Waals surface area contributed by atoms with Crippen molar-refractivity contribution in [1.29, 1.82) is 0 Å². The number of nitrogens with one attached hydrogen (secondary N) is 1. The van der Waals surface area contributed by atoms with Crippen molar-refractivity contribution in [2.75, 3.05) is 18.1 Å². The van der Waals surface area contributed by atoms with Crippen LogP contribution in [0.2, 0.25) is 0 Å². The molecule has 1 N–H and O–H groups in total. The van der Waals surface area contributed by atoms with Crippen molar-refractivity contribution in [3.63, 3.8) is 0 Å². The molecule has 8 heteroatoms. The molecule has 1 saturated heterocycles. The van der Waals surface area contributed by atoms with Crippen LogP contribution < -0.4 is 19.7 Å². The first-order chi connectivity index (χ1) is 14.3. The van der Waals surface area contributed by atoms with Crippen LogP contribution in [0.4, 0.5) is 10.5 Å². The number of nitrogens with zero attached hydrogens (tertiary/aromatic N) is 1. The fourth-order valence-corrected chi connectivity index (χ4v) is 3.55. The van der Waals surface area contributed by atoms with Gasteiger partial charge in [0, 0.05) is 4.47 Å². The lowest BCUT2D eigenvalue weighted by atomic mass is 10.1. The normalized spacial score (nSPS) is 15.4. The first-order valence-corrected chi connectivity index (χ1v) is 10.2. The fraction of sp³-hybridized carbons (Fsp3) is 0.227. The summed E-state index contributed by atoms with van der Waals surface area (Å²) in [7, 11) is 0. The first-order valence-electron chi connectivity index (χ1n) is 9.43. The summed E-state index contributed by atoms with van der Waals surface area (Å²) in [5, 5.41) is 2.23. The van der Waals surface area contributed by atoms with Crippen molar-refractivity contribution < 1.29 is 23.9 Å². The molecule has 2 aromatic carbocycles. The maximum atomic E-state index is 13.1. The highest BCUT2D eigenvalue weighted by atomic mass is 79.9. The maximum absolute atomic E-state index is 13.1. The van der Waals surface area contributed by atoms with Crippen LogP contribution in [0.1, 0.15) is 25.0 Å². The monoisotopic (exact) mass is 472 g/mol. The number of hydrogen-bond acceptors (Lipinski definition) is 5. The molecule has 0 radical (unpaired) electrons. The minimum Gasteiger partial charge on any atom is -0.490 e.